The highest BCUT2D eigenvalue weighted by Crippen LogP contribution is 2.53. The fourth-order valence-corrected chi connectivity index (χ4v) is 8.49. The first-order chi connectivity index (χ1) is 21.9. The highest BCUT2D eigenvalue weighted by Gasteiger charge is 2.56. The van der Waals surface area contributed by atoms with Crippen LogP contribution in [0.5, 0.6) is 11.5 Å². The maximum atomic E-state index is 13.9. The van der Waals surface area contributed by atoms with E-state index >= 15 is 0 Å². The molecule has 4 aromatic carbocycles. The van der Waals surface area contributed by atoms with E-state index in [-0.39, 0.29) is 29.2 Å². The molecule has 3 unspecified atom stereocenters. The molecule has 0 radical (unpaired) electrons. The molecule has 11 heteroatoms. The number of H-pyrrole nitrogens is 1. The van der Waals surface area contributed by atoms with Gasteiger partial charge < -0.3 is 19.8 Å². The Balaban J connectivity index is 1.18. The number of nitrogens with zero attached hydrogens (tertiary/aromatic N) is 1. The normalized spacial score (nSPS) is 18.9. The summed E-state index contributed by atoms with van der Waals surface area (Å²) >= 11 is 2.27. The highest BCUT2D eigenvalue weighted by atomic mass is 32.2. The van der Waals surface area contributed by atoms with Crippen LogP contribution in [0.1, 0.15) is 23.3 Å². The summed E-state index contributed by atoms with van der Waals surface area (Å²) in [6, 6.07) is 27.6. The van der Waals surface area contributed by atoms with Crippen LogP contribution in [0.25, 0.3) is 10.8 Å². The van der Waals surface area contributed by atoms with Gasteiger partial charge in [-0.25, -0.2) is 4.90 Å². The Bertz CT molecular complexity index is 2000. The summed E-state index contributed by atoms with van der Waals surface area (Å²) < 4.78 is 11.9. The van der Waals surface area contributed by atoms with Crippen LogP contribution in [0.3, 0.4) is 0 Å². The number of thioether (sulfide) groups is 1. The molecule has 3 heterocycles. The summed E-state index contributed by atoms with van der Waals surface area (Å²) in [5.74, 6) is -1.50. The zero-order chi connectivity index (χ0) is 31.1. The molecule has 2 aliphatic rings. The van der Waals surface area contributed by atoms with Gasteiger partial charge >= 0.3 is 4.87 Å². The lowest BCUT2D eigenvalue weighted by molar-refractivity contribution is -0.122. The molecule has 3 amide bonds. The molecule has 0 saturated carbocycles. The SMILES string of the molecule is CCOc1cc(C2c3sc(=O)[nH]c3SC3C(=O)N(c4ccccc4)C(=O)C32)ccc1OCC(=O)Nc1cccc2ccccc12. The zero-order valence-electron chi connectivity index (χ0n) is 24.0. The number of hydrogen-bond acceptors (Lipinski definition) is 8. The summed E-state index contributed by atoms with van der Waals surface area (Å²) in [6.07, 6.45) is 0. The topological polar surface area (TPSA) is 118 Å². The maximum absolute atomic E-state index is 13.9. The van der Waals surface area contributed by atoms with Crippen LogP contribution < -0.4 is 24.6 Å². The summed E-state index contributed by atoms with van der Waals surface area (Å²) in [5.41, 5.74) is 1.90. The van der Waals surface area contributed by atoms with Gasteiger partial charge in [0.1, 0.15) is 5.25 Å². The molecule has 2 aliphatic heterocycles. The number of ether oxygens (including phenoxy) is 2. The van der Waals surface area contributed by atoms with Gasteiger partial charge in [0.2, 0.25) is 11.8 Å². The van der Waals surface area contributed by atoms with E-state index in [1.807, 2.05) is 55.5 Å². The zero-order valence-corrected chi connectivity index (χ0v) is 25.7. The van der Waals surface area contributed by atoms with Crippen LogP contribution in [-0.2, 0) is 14.4 Å². The number of aromatic amines is 1. The molecule has 226 valence electrons. The number of fused-ring (bicyclic) bond motifs is 3. The van der Waals surface area contributed by atoms with Crippen molar-refractivity contribution in [1.29, 1.82) is 0 Å². The van der Waals surface area contributed by atoms with Crippen LogP contribution >= 0.6 is 23.1 Å². The Hall–Kier alpha value is -4.87. The number of nitrogens with one attached hydrogen (secondary N) is 2. The average Bonchev–Trinajstić information content (AvgIpc) is 3.55. The molecule has 5 aromatic rings. The average molecular weight is 638 g/mol. The van der Waals surface area contributed by atoms with Gasteiger partial charge in [-0.05, 0) is 48.2 Å². The second kappa shape index (κ2) is 11.9. The first-order valence-corrected chi connectivity index (χ1v) is 16.1. The van der Waals surface area contributed by atoms with Crippen molar-refractivity contribution in [3.8, 4) is 11.5 Å². The number of para-hydroxylation sites is 1. The monoisotopic (exact) mass is 637 g/mol. The van der Waals surface area contributed by atoms with Crippen molar-refractivity contribution < 1.29 is 23.9 Å². The Morgan fingerprint density at radius 2 is 1.67 bits per heavy atom. The van der Waals surface area contributed by atoms with E-state index in [0.29, 0.717) is 44.9 Å². The number of imide groups is 1. The van der Waals surface area contributed by atoms with E-state index in [4.69, 9.17) is 9.47 Å². The lowest BCUT2D eigenvalue weighted by Gasteiger charge is -2.30. The third kappa shape index (κ3) is 5.27. The second-order valence-electron chi connectivity index (χ2n) is 10.6. The molecule has 0 aliphatic carbocycles. The fraction of sp³-hybridized carbons (Fsp3) is 0.176. The summed E-state index contributed by atoms with van der Waals surface area (Å²) in [7, 11) is 0. The van der Waals surface area contributed by atoms with Crippen molar-refractivity contribution in [1.82, 2.24) is 4.98 Å². The van der Waals surface area contributed by atoms with Gasteiger partial charge in [0, 0.05) is 21.9 Å². The van der Waals surface area contributed by atoms with E-state index in [1.54, 1.807) is 42.5 Å². The van der Waals surface area contributed by atoms with Gasteiger partial charge in [-0.3, -0.25) is 19.2 Å². The maximum Gasteiger partial charge on any atom is 0.305 e. The highest BCUT2D eigenvalue weighted by molar-refractivity contribution is 8.00. The quantitative estimate of drug-likeness (QED) is 0.207. The van der Waals surface area contributed by atoms with E-state index in [2.05, 4.69) is 10.3 Å². The van der Waals surface area contributed by atoms with Crippen molar-refractivity contribution in [2.45, 2.75) is 23.1 Å². The van der Waals surface area contributed by atoms with Crippen molar-refractivity contribution in [3.05, 3.63) is 111 Å². The van der Waals surface area contributed by atoms with E-state index in [0.717, 1.165) is 22.1 Å². The number of amides is 3. The molecule has 1 fully saturated rings. The molecule has 7 rings (SSSR count). The number of benzene rings is 4. The van der Waals surface area contributed by atoms with Crippen LogP contribution in [0.2, 0.25) is 0 Å². The Morgan fingerprint density at radius 3 is 2.49 bits per heavy atom. The molecule has 1 saturated heterocycles. The van der Waals surface area contributed by atoms with Crippen molar-refractivity contribution in [2.75, 3.05) is 23.4 Å². The van der Waals surface area contributed by atoms with Gasteiger partial charge in [0.15, 0.2) is 18.1 Å². The standard InChI is InChI=1S/C34H27N3O6S2/c1-2-42-25-17-20(15-16-24(25)43-18-26(38)35-23-14-8-10-19-9-6-7-13-22(19)23)27-28-30(44-31-29(27)45-34(41)36-31)33(40)37(32(28)39)21-11-4-3-5-12-21/h3-17,27-28,30H,2,18H2,1H3,(H,35,38)(H,36,41). The van der Waals surface area contributed by atoms with E-state index in [9.17, 15) is 19.2 Å². The van der Waals surface area contributed by atoms with Crippen molar-refractivity contribution >= 4 is 63.0 Å². The number of rotatable bonds is 8. The molecule has 45 heavy (non-hydrogen) atoms. The van der Waals surface area contributed by atoms with Gasteiger partial charge in [-0.1, -0.05) is 83.8 Å². The summed E-state index contributed by atoms with van der Waals surface area (Å²) in [5, 5.41) is 4.75. The fourth-order valence-electron chi connectivity index (χ4n) is 5.98. The number of anilines is 2. The number of thiazole rings is 1. The van der Waals surface area contributed by atoms with Gasteiger partial charge in [-0.15, -0.1) is 0 Å². The second-order valence-corrected chi connectivity index (χ2v) is 12.8. The van der Waals surface area contributed by atoms with Crippen LogP contribution in [-0.4, -0.2) is 41.2 Å². The Labute approximate surface area is 266 Å². The van der Waals surface area contributed by atoms with Gasteiger partial charge in [-0.2, -0.15) is 0 Å². The van der Waals surface area contributed by atoms with Crippen molar-refractivity contribution in [3.63, 3.8) is 0 Å². The van der Waals surface area contributed by atoms with Gasteiger partial charge in [0.25, 0.3) is 5.91 Å². The van der Waals surface area contributed by atoms with Gasteiger partial charge in [0.05, 0.1) is 23.2 Å². The van der Waals surface area contributed by atoms with E-state index < -0.39 is 17.1 Å². The molecular weight excluding hydrogens is 611 g/mol. The third-order valence-corrected chi connectivity index (χ3v) is 10.3. The molecule has 1 aromatic heterocycles. The molecule has 0 spiro atoms. The first-order valence-electron chi connectivity index (χ1n) is 14.4. The minimum Gasteiger partial charge on any atom is -0.490 e. The molecular formula is C34H27N3O6S2. The van der Waals surface area contributed by atoms with E-state index in [1.165, 1.54) is 16.7 Å². The molecule has 2 N–H and O–H groups in total. The number of carbonyl (C=O) groups excluding carboxylic acids is 3. The van der Waals surface area contributed by atoms with Crippen molar-refractivity contribution in [2.24, 2.45) is 5.92 Å². The summed E-state index contributed by atoms with van der Waals surface area (Å²) in [6.45, 7) is 1.91. The Morgan fingerprint density at radius 1 is 0.889 bits per heavy atom. The number of hydrogen-bond donors (Lipinski definition) is 2. The number of aromatic nitrogens is 1. The largest absolute Gasteiger partial charge is 0.490 e. The van der Waals surface area contributed by atoms with Crippen LogP contribution in [0.15, 0.2) is 101 Å². The third-order valence-electron chi connectivity index (χ3n) is 7.89. The van der Waals surface area contributed by atoms with Crippen LogP contribution in [0.4, 0.5) is 11.4 Å². The lowest BCUT2D eigenvalue weighted by Crippen LogP contribution is -2.32. The Kier molecular flexibility index (Phi) is 7.64. The molecule has 0 bridgehead atoms. The smallest absolute Gasteiger partial charge is 0.305 e. The first kappa shape index (κ1) is 28.9. The predicted octanol–water partition coefficient (Wildman–Crippen LogP) is 5.80. The summed E-state index contributed by atoms with van der Waals surface area (Å²) in [4.78, 5) is 57.5. The van der Waals surface area contributed by atoms with Crippen LogP contribution in [0, 0.1) is 5.92 Å². The predicted molar refractivity (Wildman–Crippen MR) is 175 cm³/mol. The minimum absolute atomic E-state index is 0.250. The minimum atomic E-state index is -0.727. The molecule has 9 nitrogen and oxygen atoms in total. The number of carbonyl (C=O) groups is 3. The molecule has 3 atom stereocenters. The lowest BCUT2D eigenvalue weighted by atomic mass is 9.83.